The van der Waals surface area contributed by atoms with Crippen LogP contribution in [0.2, 0.25) is 0 Å². The van der Waals surface area contributed by atoms with Gasteiger partial charge in [-0.25, -0.2) is 4.98 Å². The Morgan fingerprint density at radius 3 is 2.86 bits per heavy atom. The van der Waals surface area contributed by atoms with Crippen LogP contribution in [0, 0.1) is 5.92 Å². The van der Waals surface area contributed by atoms with Crippen LogP contribution in [0.1, 0.15) is 35.1 Å². The number of methoxy groups -OCH3 is 2. The summed E-state index contributed by atoms with van der Waals surface area (Å²) in [6.45, 7) is -3.20. The molecule has 120 valence electrons. The fraction of sp³-hybridized carbons (Fsp3) is 0.562. The second kappa shape index (κ2) is 6.44. The first kappa shape index (κ1) is 12.6. The van der Waals surface area contributed by atoms with Crippen molar-refractivity contribution in [2.45, 2.75) is 31.5 Å². The number of hydrogen-bond acceptors (Lipinski definition) is 6. The van der Waals surface area contributed by atoms with Crippen molar-refractivity contribution in [1.29, 1.82) is 0 Å². The van der Waals surface area contributed by atoms with E-state index in [2.05, 4.69) is 4.98 Å². The molecular weight excluding hydrogens is 286 g/mol. The van der Waals surface area contributed by atoms with E-state index in [0.29, 0.717) is 23.6 Å². The number of Topliss-reactive ketones (excluding diaryl/α,β-unsaturated/α-hetero) is 1. The van der Waals surface area contributed by atoms with Gasteiger partial charge in [0.2, 0.25) is 5.88 Å². The van der Waals surface area contributed by atoms with Crippen LogP contribution in [0.15, 0.2) is 12.1 Å². The van der Waals surface area contributed by atoms with Gasteiger partial charge in [-0.1, -0.05) is 12.9 Å². The number of hydrogen-bond donors (Lipinski definition) is 1. The van der Waals surface area contributed by atoms with Crippen molar-refractivity contribution in [1.82, 2.24) is 4.98 Å². The molecule has 2 rings (SSSR count). The number of fused-ring (bicyclic) bond motifs is 1. The molecule has 0 spiro atoms. The number of ether oxygens (including phenoxy) is 2. The van der Waals surface area contributed by atoms with E-state index in [0.717, 1.165) is 7.11 Å². The molecule has 0 bridgehead atoms. The van der Waals surface area contributed by atoms with Crippen molar-refractivity contribution in [3.05, 3.63) is 23.4 Å². The number of carbonyl (C=O) groups excluding carboxylic acids is 2. The van der Waals surface area contributed by atoms with Gasteiger partial charge < -0.3 is 14.6 Å². The fourth-order valence-corrected chi connectivity index (χ4v) is 2.91. The van der Waals surface area contributed by atoms with Crippen LogP contribution < -0.4 is 4.74 Å². The van der Waals surface area contributed by atoms with E-state index < -0.39 is 36.5 Å². The zero-order chi connectivity index (χ0) is 18.8. The van der Waals surface area contributed by atoms with Gasteiger partial charge in [-0.3, -0.25) is 9.59 Å². The molecule has 1 aromatic heterocycles. The number of aromatic nitrogens is 1. The number of pyridine rings is 1. The van der Waals surface area contributed by atoms with Gasteiger partial charge in [0.05, 0.1) is 14.2 Å². The molecule has 2 unspecified atom stereocenters. The quantitative estimate of drug-likeness (QED) is 0.646. The van der Waals surface area contributed by atoms with Gasteiger partial charge in [-0.2, -0.15) is 0 Å². The highest BCUT2D eigenvalue weighted by atomic mass is 16.5. The Morgan fingerprint density at radius 2 is 2.27 bits per heavy atom. The monoisotopic (exact) mass is 310 g/mol. The van der Waals surface area contributed by atoms with E-state index in [1.54, 1.807) is 6.07 Å². The minimum Gasteiger partial charge on any atom is -0.481 e. The number of aliphatic hydroxyl groups is 1. The predicted molar refractivity (Wildman–Crippen MR) is 78.7 cm³/mol. The first-order valence-electron chi connectivity index (χ1n) is 8.47. The average molecular weight is 310 g/mol. The summed E-state index contributed by atoms with van der Waals surface area (Å²) in [7, 11) is 2.60. The molecule has 0 aromatic carbocycles. The number of aryl methyl sites for hydroxylation is 1. The third-order valence-electron chi connectivity index (χ3n) is 3.99. The molecule has 22 heavy (non-hydrogen) atoms. The lowest BCUT2D eigenvalue weighted by Gasteiger charge is -2.36. The second-order valence-electron chi connectivity index (χ2n) is 5.25. The normalized spacial score (nSPS) is 24.5. The molecule has 1 heterocycles. The third-order valence-corrected chi connectivity index (χ3v) is 3.99. The van der Waals surface area contributed by atoms with Crippen molar-refractivity contribution in [2.75, 3.05) is 20.8 Å². The maximum absolute atomic E-state index is 12.8. The smallest absolute Gasteiger partial charge is 0.323 e. The van der Waals surface area contributed by atoms with Gasteiger partial charge in [-0.05, 0) is 24.3 Å². The molecule has 1 aromatic rings. The summed E-state index contributed by atoms with van der Waals surface area (Å²) >= 11 is 0. The molecule has 2 atom stereocenters. The molecule has 1 N–H and O–H groups in total. The van der Waals surface area contributed by atoms with Gasteiger partial charge in [-0.15, -0.1) is 0 Å². The summed E-state index contributed by atoms with van der Waals surface area (Å²) in [6, 6.07) is 3.06. The number of aliphatic hydroxyl groups excluding tert-OH is 1. The highest BCUT2D eigenvalue weighted by Gasteiger charge is 2.52. The predicted octanol–water partition coefficient (Wildman–Crippen LogP) is 1.03. The molecule has 0 amide bonds. The van der Waals surface area contributed by atoms with Gasteiger partial charge in [0, 0.05) is 28.9 Å². The zero-order valence-electron chi connectivity index (χ0n) is 15.6. The SMILES string of the molecule is [2H]C([2H])([2H])C(CO)CC1(C(=O)OC)C(=O)CCc2nc(OC)ccc21. The van der Waals surface area contributed by atoms with Crippen LogP contribution in [-0.2, 0) is 26.2 Å². The van der Waals surface area contributed by atoms with E-state index in [4.69, 9.17) is 13.6 Å². The highest BCUT2D eigenvalue weighted by Crippen LogP contribution is 2.40. The Labute approximate surface area is 133 Å². The van der Waals surface area contributed by atoms with Crippen molar-refractivity contribution in [2.24, 2.45) is 5.92 Å². The van der Waals surface area contributed by atoms with Crippen molar-refractivity contribution in [3.63, 3.8) is 0 Å². The molecule has 6 heteroatoms. The van der Waals surface area contributed by atoms with Crippen LogP contribution in [0.4, 0.5) is 0 Å². The van der Waals surface area contributed by atoms with Crippen LogP contribution in [-0.4, -0.2) is 42.7 Å². The molecule has 0 saturated heterocycles. The molecule has 0 aliphatic heterocycles. The maximum atomic E-state index is 12.8. The molecule has 0 saturated carbocycles. The van der Waals surface area contributed by atoms with Gasteiger partial charge >= 0.3 is 5.97 Å². The number of nitrogens with zero attached hydrogens (tertiary/aromatic N) is 1. The Kier molecular flexibility index (Phi) is 3.68. The number of carbonyl (C=O) groups is 2. The minimum atomic E-state index is -2.52. The van der Waals surface area contributed by atoms with Crippen molar-refractivity contribution in [3.8, 4) is 5.88 Å². The Bertz CT molecular complexity index is 676. The standard InChI is InChI=1S/C16H21NO5/c1-10(9-18)8-16(15(20)22-3)11-4-7-14(21-2)17-12(11)5-6-13(16)19/h4,7,10,18H,5-6,8-9H2,1-3H3/i1D3. The number of rotatable bonds is 5. The van der Waals surface area contributed by atoms with E-state index in [1.165, 1.54) is 13.2 Å². The third kappa shape index (κ3) is 2.59. The Hall–Kier alpha value is -1.95. The summed E-state index contributed by atoms with van der Waals surface area (Å²) in [5.74, 6) is -2.18. The summed E-state index contributed by atoms with van der Waals surface area (Å²) in [5, 5.41) is 9.52. The first-order chi connectivity index (χ1) is 11.7. The van der Waals surface area contributed by atoms with Crippen LogP contribution in [0.3, 0.4) is 0 Å². The van der Waals surface area contributed by atoms with Crippen LogP contribution >= 0.6 is 0 Å². The maximum Gasteiger partial charge on any atom is 0.323 e. The van der Waals surface area contributed by atoms with Crippen molar-refractivity contribution < 1.29 is 28.3 Å². The summed E-state index contributed by atoms with van der Waals surface area (Å²) in [6.07, 6.45) is -0.0183. The van der Waals surface area contributed by atoms with Gasteiger partial charge in [0.25, 0.3) is 0 Å². The summed E-state index contributed by atoms with van der Waals surface area (Å²) < 4.78 is 32.7. The van der Waals surface area contributed by atoms with Crippen LogP contribution in [0.5, 0.6) is 5.88 Å². The lowest BCUT2D eigenvalue weighted by molar-refractivity contribution is -0.153. The first-order valence-corrected chi connectivity index (χ1v) is 6.97. The summed E-state index contributed by atoms with van der Waals surface area (Å²) in [5.41, 5.74) is -0.977. The molecular formula is C16H21NO5. The van der Waals surface area contributed by atoms with Gasteiger partial charge in [0.15, 0.2) is 11.2 Å². The molecule has 0 fully saturated rings. The minimum absolute atomic E-state index is 0.0292. The molecule has 1 aliphatic rings. The lowest BCUT2D eigenvalue weighted by Crippen LogP contribution is -2.49. The fourth-order valence-electron chi connectivity index (χ4n) is 2.91. The van der Waals surface area contributed by atoms with E-state index in [1.807, 2.05) is 0 Å². The number of ketones is 1. The average Bonchev–Trinajstić information content (AvgIpc) is 2.59. The lowest BCUT2D eigenvalue weighted by atomic mass is 9.66. The van der Waals surface area contributed by atoms with E-state index in [9.17, 15) is 14.7 Å². The topological polar surface area (TPSA) is 85.7 Å². The largest absolute Gasteiger partial charge is 0.481 e. The van der Waals surface area contributed by atoms with Crippen LogP contribution in [0.25, 0.3) is 0 Å². The van der Waals surface area contributed by atoms with E-state index >= 15 is 0 Å². The number of esters is 1. The Balaban J connectivity index is 2.64. The van der Waals surface area contributed by atoms with Gasteiger partial charge in [0.1, 0.15) is 0 Å². The Morgan fingerprint density at radius 1 is 1.50 bits per heavy atom. The van der Waals surface area contributed by atoms with E-state index in [-0.39, 0.29) is 12.8 Å². The molecule has 0 radical (unpaired) electrons. The molecule has 6 nitrogen and oxygen atoms in total. The van der Waals surface area contributed by atoms with Crippen molar-refractivity contribution >= 4 is 11.8 Å². The zero-order valence-corrected chi connectivity index (χ0v) is 12.6. The summed E-state index contributed by atoms with van der Waals surface area (Å²) in [4.78, 5) is 29.7. The molecule has 1 aliphatic carbocycles. The highest BCUT2D eigenvalue weighted by molar-refractivity contribution is 6.10. The second-order valence-corrected chi connectivity index (χ2v) is 5.25.